The summed E-state index contributed by atoms with van der Waals surface area (Å²) in [5.74, 6) is 1.61. The van der Waals surface area contributed by atoms with E-state index in [9.17, 15) is 4.79 Å². The lowest BCUT2D eigenvalue weighted by Crippen LogP contribution is -2.32. The summed E-state index contributed by atoms with van der Waals surface area (Å²) in [6, 6.07) is 5.89. The zero-order valence-electron chi connectivity index (χ0n) is 12.7. The van der Waals surface area contributed by atoms with E-state index in [4.69, 9.17) is 9.47 Å². The maximum Gasteiger partial charge on any atom is 0.221 e. The maximum absolute atomic E-state index is 11.5. The van der Waals surface area contributed by atoms with E-state index in [2.05, 4.69) is 10.6 Å². The Labute approximate surface area is 120 Å². The third-order valence-electron chi connectivity index (χ3n) is 2.79. The molecule has 0 spiro atoms. The molecule has 5 heteroatoms. The molecular weight excluding hydrogens is 256 g/mol. The molecule has 0 radical (unpaired) electrons. The highest BCUT2D eigenvalue weighted by molar-refractivity contribution is 5.76. The van der Waals surface area contributed by atoms with Gasteiger partial charge in [-0.25, -0.2) is 0 Å². The first kappa shape index (κ1) is 16.3. The Morgan fingerprint density at radius 3 is 2.60 bits per heavy atom. The first-order valence-electron chi connectivity index (χ1n) is 6.77. The Bertz CT molecular complexity index is 433. The summed E-state index contributed by atoms with van der Waals surface area (Å²) in [7, 11) is 3.26. The van der Waals surface area contributed by atoms with E-state index < -0.39 is 0 Å². The molecule has 20 heavy (non-hydrogen) atoms. The van der Waals surface area contributed by atoms with Crippen LogP contribution in [0.2, 0.25) is 0 Å². The Kier molecular flexibility index (Phi) is 6.87. The molecule has 112 valence electrons. The summed E-state index contributed by atoms with van der Waals surface area (Å²) >= 11 is 0. The Morgan fingerprint density at radius 1 is 1.25 bits per heavy atom. The van der Waals surface area contributed by atoms with Crippen molar-refractivity contribution in [3.8, 4) is 11.5 Å². The van der Waals surface area contributed by atoms with Gasteiger partial charge in [0.1, 0.15) is 11.5 Å². The zero-order valence-corrected chi connectivity index (χ0v) is 12.7. The summed E-state index contributed by atoms with van der Waals surface area (Å²) in [6.07, 6.45) is 0.469. The SMILES string of the molecule is COc1ccc(CNCCC(=O)NC(C)C)c(OC)c1. The van der Waals surface area contributed by atoms with Crippen molar-refractivity contribution < 1.29 is 14.3 Å². The zero-order chi connectivity index (χ0) is 15.0. The molecule has 0 aliphatic heterocycles. The predicted molar refractivity (Wildman–Crippen MR) is 79.1 cm³/mol. The topological polar surface area (TPSA) is 59.6 Å². The number of benzene rings is 1. The van der Waals surface area contributed by atoms with E-state index in [0.717, 1.165) is 17.1 Å². The third-order valence-corrected chi connectivity index (χ3v) is 2.79. The van der Waals surface area contributed by atoms with E-state index in [1.807, 2.05) is 32.0 Å². The average molecular weight is 280 g/mol. The first-order valence-corrected chi connectivity index (χ1v) is 6.77. The molecule has 0 heterocycles. The molecule has 0 aliphatic rings. The number of methoxy groups -OCH3 is 2. The number of rotatable bonds is 8. The lowest BCUT2D eigenvalue weighted by Gasteiger charge is -2.12. The Hall–Kier alpha value is -1.75. The van der Waals surface area contributed by atoms with Gasteiger partial charge in [0.2, 0.25) is 5.91 Å². The fraction of sp³-hybridized carbons (Fsp3) is 0.533. The van der Waals surface area contributed by atoms with Crippen molar-refractivity contribution in [1.29, 1.82) is 0 Å². The highest BCUT2D eigenvalue weighted by Crippen LogP contribution is 2.24. The van der Waals surface area contributed by atoms with Crippen molar-refractivity contribution in [3.05, 3.63) is 23.8 Å². The number of nitrogens with one attached hydrogen (secondary N) is 2. The molecule has 5 nitrogen and oxygen atoms in total. The van der Waals surface area contributed by atoms with E-state index in [1.54, 1.807) is 14.2 Å². The molecule has 0 saturated heterocycles. The number of amides is 1. The van der Waals surface area contributed by atoms with Crippen LogP contribution in [0.15, 0.2) is 18.2 Å². The normalized spacial score (nSPS) is 10.4. The van der Waals surface area contributed by atoms with Gasteiger partial charge in [-0.05, 0) is 19.9 Å². The van der Waals surface area contributed by atoms with Crippen molar-refractivity contribution in [1.82, 2.24) is 10.6 Å². The molecular formula is C15H24N2O3. The van der Waals surface area contributed by atoms with Crippen LogP contribution < -0.4 is 20.1 Å². The Balaban J connectivity index is 2.40. The molecule has 1 rings (SSSR count). The molecule has 0 unspecified atom stereocenters. The highest BCUT2D eigenvalue weighted by atomic mass is 16.5. The third kappa shape index (κ3) is 5.48. The summed E-state index contributed by atoms with van der Waals surface area (Å²) in [6.45, 7) is 5.19. The van der Waals surface area contributed by atoms with Gasteiger partial charge in [0.25, 0.3) is 0 Å². The van der Waals surface area contributed by atoms with Gasteiger partial charge < -0.3 is 20.1 Å². The lowest BCUT2D eigenvalue weighted by molar-refractivity contribution is -0.121. The van der Waals surface area contributed by atoms with Crippen LogP contribution in [0.4, 0.5) is 0 Å². The first-order chi connectivity index (χ1) is 9.56. The lowest BCUT2D eigenvalue weighted by atomic mass is 10.2. The number of ether oxygens (including phenoxy) is 2. The molecule has 1 aromatic carbocycles. The minimum Gasteiger partial charge on any atom is -0.497 e. The summed E-state index contributed by atoms with van der Waals surface area (Å²) in [4.78, 5) is 11.5. The highest BCUT2D eigenvalue weighted by Gasteiger charge is 2.06. The van der Waals surface area contributed by atoms with Gasteiger partial charge in [0.15, 0.2) is 0 Å². The van der Waals surface area contributed by atoms with Gasteiger partial charge in [0, 0.05) is 37.2 Å². The van der Waals surface area contributed by atoms with Crippen LogP contribution in [-0.4, -0.2) is 32.7 Å². The smallest absolute Gasteiger partial charge is 0.221 e. The quantitative estimate of drug-likeness (QED) is 0.712. The van der Waals surface area contributed by atoms with E-state index >= 15 is 0 Å². The van der Waals surface area contributed by atoms with E-state index in [-0.39, 0.29) is 11.9 Å². The minimum atomic E-state index is 0.0641. The minimum absolute atomic E-state index is 0.0641. The fourth-order valence-corrected chi connectivity index (χ4v) is 1.82. The predicted octanol–water partition coefficient (Wildman–Crippen LogP) is 1.71. The number of hydrogen-bond acceptors (Lipinski definition) is 4. The van der Waals surface area contributed by atoms with Crippen LogP contribution >= 0.6 is 0 Å². The van der Waals surface area contributed by atoms with Crippen LogP contribution in [0.3, 0.4) is 0 Å². The second-order valence-corrected chi connectivity index (χ2v) is 4.83. The largest absolute Gasteiger partial charge is 0.497 e. The van der Waals surface area contributed by atoms with Gasteiger partial charge in [-0.15, -0.1) is 0 Å². The molecule has 1 aromatic rings. The number of carbonyl (C=O) groups excluding carboxylic acids is 1. The molecule has 0 saturated carbocycles. The molecule has 0 aromatic heterocycles. The standard InChI is InChI=1S/C15H24N2O3/c1-11(2)17-15(18)7-8-16-10-12-5-6-13(19-3)9-14(12)20-4/h5-6,9,11,16H,7-8,10H2,1-4H3,(H,17,18). The molecule has 0 aliphatic carbocycles. The van der Waals surface area contributed by atoms with Gasteiger partial charge in [-0.1, -0.05) is 6.07 Å². The second-order valence-electron chi connectivity index (χ2n) is 4.83. The van der Waals surface area contributed by atoms with Crippen molar-refractivity contribution in [3.63, 3.8) is 0 Å². The van der Waals surface area contributed by atoms with E-state index in [1.165, 1.54) is 0 Å². The molecule has 0 bridgehead atoms. The van der Waals surface area contributed by atoms with Gasteiger partial charge in [-0.2, -0.15) is 0 Å². The fourth-order valence-electron chi connectivity index (χ4n) is 1.82. The monoisotopic (exact) mass is 280 g/mol. The van der Waals surface area contributed by atoms with Crippen LogP contribution in [0.1, 0.15) is 25.8 Å². The number of hydrogen-bond donors (Lipinski definition) is 2. The second kappa shape index (κ2) is 8.43. The molecule has 1 amide bonds. The van der Waals surface area contributed by atoms with Crippen LogP contribution in [-0.2, 0) is 11.3 Å². The summed E-state index contributed by atoms with van der Waals surface area (Å²) in [5, 5.41) is 6.10. The van der Waals surface area contributed by atoms with Crippen molar-refractivity contribution in [2.24, 2.45) is 0 Å². The van der Waals surface area contributed by atoms with Gasteiger partial charge >= 0.3 is 0 Å². The van der Waals surface area contributed by atoms with Crippen molar-refractivity contribution in [2.75, 3.05) is 20.8 Å². The summed E-state index contributed by atoms with van der Waals surface area (Å²) < 4.78 is 10.5. The maximum atomic E-state index is 11.5. The molecule has 0 fully saturated rings. The van der Waals surface area contributed by atoms with Crippen molar-refractivity contribution >= 4 is 5.91 Å². The average Bonchev–Trinajstić information content (AvgIpc) is 2.42. The number of carbonyl (C=O) groups is 1. The van der Waals surface area contributed by atoms with Crippen molar-refractivity contribution in [2.45, 2.75) is 32.9 Å². The van der Waals surface area contributed by atoms with Gasteiger partial charge in [-0.3, -0.25) is 4.79 Å². The van der Waals surface area contributed by atoms with Crippen LogP contribution in [0, 0.1) is 0 Å². The Morgan fingerprint density at radius 2 is 2.00 bits per heavy atom. The molecule has 0 atom stereocenters. The van der Waals surface area contributed by atoms with Crippen LogP contribution in [0.25, 0.3) is 0 Å². The van der Waals surface area contributed by atoms with Crippen LogP contribution in [0.5, 0.6) is 11.5 Å². The molecule has 2 N–H and O–H groups in total. The summed E-state index contributed by atoms with van der Waals surface area (Å²) in [5.41, 5.74) is 1.04. The van der Waals surface area contributed by atoms with E-state index in [0.29, 0.717) is 19.5 Å². The van der Waals surface area contributed by atoms with Gasteiger partial charge in [0.05, 0.1) is 14.2 Å².